The lowest BCUT2D eigenvalue weighted by molar-refractivity contribution is -0.138. The molecule has 0 fully saturated rings. The highest BCUT2D eigenvalue weighted by molar-refractivity contribution is 7.90. The SMILES string of the molecule is CS(=O)(=O)c1c(F)ccc(C(N)C(=O)O)c1F. The Morgan fingerprint density at radius 2 is 1.94 bits per heavy atom. The fourth-order valence-electron chi connectivity index (χ4n) is 1.26. The van der Waals surface area contributed by atoms with Crippen LogP contribution in [0.15, 0.2) is 17.0 Å². The van der Waals surface area contributed by atoms with E-state index < -0.39 is 43.9 Å². The van der Waals surface area contributed by atoms with Gasteiger partial charge in [0.1, 0.15) is 22.6 Å². The maximum absolute atomic E-state index is 13.7. The summed E-state index contributed by atoms with van der Waals surface area (Å²) in [5.74, 6) is -4.30. The third-order valence-electron chi connectivity index (χ3n) is 2.05. The average Bonchev–Trinajstić information content (AvgIpc) is 2.14. The smallest absolute Gasteiger partial charge is 0.325 e. The van der Waals surface area contributed by atoms with Crippen LogP contribution in [-0.4, -0.2) is 25.7 Å². The number of hydrogen-bond acceptors (Lipinski definition) is 4. The zero-order valence-corrected chi connectivity index (χ0v) is 9.46. The molecule has 0 saturated carbocycles. The van der Waals surface area contributed by atoms with Crippen LogP contribution in [0.5, 0.6) is 0 Å². The summed E-state index contributed by atoms with van der Waals surface area (Å²) in [5, 5.41) is 8.59. The molecule has 1 aromatic rings. The van der Waals surface area contributed by atoms with Crippen LogP contribution in [0.2, 0.25) is 0 Å². The first-order valence-corrected chi connectivity index (χ1v) is 6.21. The Morgan fingerprint density at radius 3 is 2.35 bits per heavy atom. The predicted octanol–water partition coefficient (Wildman–Crippen LogP) is 0.453. The number of halogens is 2. The van der Waals surface area contributed by atoms with Crippen LogP contribution in [-0.2, 0) is 14.6 Å². The van der Waals surface area contributed by atoms with Crippen molar-refractivity contribution in [2.75, 3.05) is 6.26 Å². The van der Waals surface area contributed by atoms with Gasteiger partial charge in [-0.2, -0.15) is 0 Å². The minimum atomic E-state index is -4.14. The first kappa shape index (κ1) is 13.5. The molecule has 0 amide bonds. The van der Waals surface area contributed by atoms with Gasteiger partial charge in [0, 0.05) is 11.8 Å². The van der Waals surface area contributed by atoms with Crippen molar-refractivity contribution in [3.8, 4) is 0 Å². The highest BCUT2D eigenvalue weighted by Crippen LogP contribution is 2.25. The fourth-order valence-corrected chi connectivity index (χ4v) is 2.13. The van der Waals surface area contributed by atoms with Crippen molar-refractivity contribution in [2.24, 2.45) is 5.73 Å². The first-order valence-electron chi connectivity index (χ1n) is 4.32. The molecule has 0 aliphatic carbocycles. The molecule has 1 aromatic carbocycles. The van der Waals surface area contributed by atoms with E-state index in [0.29, 0.717) is 12.3 Å². The summed E-state index contributed by atoms with van der Waals surface area (Å²) in [7, 11) is -4.14. The van der Waals surface area contributed by atoms with E-state index in [-0.39, 0.29) is 0 Å². The van der Waals surface area contributed by atoms with E-state index in [1.54, 1.807) is 0 Å². The summed E-state index contributed by atoms with van der Waals surface area (Å²) in [6.45, 7) is 0. The van der Waals surface area contributed by atoms with Crippen LogP contribution in [0, 0.1) is 11.6 Å². The fraction of sp³-hybridized carbons (Fsp3) is 0.222. The molecule has 0 spiro atoms. The topological polar surface area (TPSA) is 97.5 Å². The number of carbonyl (C=O) groups is 1. The van der Waals surface area contributed by atoms with Gasteiger partial charge in [0.2, 0.25) is 0 Å². The van der Waals surface area contributed by atoms with Crippen molar-refractivity contribution in [2.45, 2.75) is 10.9 Å². The van der Waals surface area contributed by atoms with Crippen molar-refractivity contribution in [3.05, 3.63) is 29.3 Å². The van der Waals surface area contributed by atoms with Gasteiger partial charge in [-0.15, -0.1) is 0 Å². The summed E-state index contributed by atoms with van der Waals surface area (Å²) in [5.41, 5.74) is 4.56. The molecular formula is C9H9F2NO4S. The van der Waals surface area contributed by atoms with Gasteiger partial charge in [-0.05, 0) is 6.07 Å². The van der Waals surface area contributed by atoms with Crippen molar-refractivity contribution >= 4 is 15.8 Å². The van der Waals surface area contributed by atoms with Crippen molar-refractivity contribution in [1.29, 1.82) is 0 Å². The monoisotopic (exact) mass is 265 g/mol. The number of carboxylic acids is 1. The number of aliphatic carboxylic acids is 1. The third kappa shape index (κ3) is 2.59. The number of rotatable bonds is 3. The van der Waals surface area contributed by atoms with E-state index in [0.717, 1.165) is 6.07 Å². The summed E-state index contributed by atoms with van der Waals surface area (Å²) in [6.07, 6.45) is 0.616. The molecule has 5 nitrogen and oxygen atoms in total. The van der Waals surface area contributed by atoms with Gasteiger partial charge in [-0.1, -0.05) is 6.07 Å². The van der Waals surface area contributed by atoms with E-state index in [1.165, 1.54) is 0 Å². The van der Waals surface area contributed by atoms with E-state index in [4.69, 9.17) is 10.8 Å². The second-order valence-electron chi connectivity index (χ2n) is 3.37. The van der Waals surface area contributed by atoms with Gasteiger partial charge >= 0.3 is 5.97 Å². The van der Waals surface area contributed by atoms with Crippen LogP contribution in [0.1, 0.15) is 11.6 Å². The van der Waals surface area contributed by atoms with Crippen molar-refractivity contribution in [1.82, 2.24) is 0 Å². The zero-order chi connectivity index (χ0) is 13.4. The average molecular weight is 265 g/mol. The van der Waals surface area contributed by atoms with Gasteiger partial charge < -0.3 is 10.8 Å². The quantitative estimate of drug-likeness (QED) is 0.827. The van der Waals surface area contributed by atoms with Gasteiger partial charge in [0.25, 0.3) is 0 Å². The third-order valence-corrected chi connectivity index (χ3v) is 3.17. The minimum Gasteiger partial charge on any atom is -0.480 e. The number of benzene rings is 1. The molecule has 8 heteroatoms. The largest absolute Gasteiger partial charge is 0.480 e. The molecule has 0 radical (unpaired) electrons. The Hall–Kier alpha value is -1.54. The molecule has 0 saturated heterocycles. The van der Waals surface area contributed by atoms with Crippen LogP contribution < -0.4 is 5.73 Å². The van der Waals surface area contributed by atoms with E-state index in [1.807, 2.05) is 0 Å². The second-order valence-corrected chi connectivity index (χ2v) is 5.32. The molecule has 0 heterocycles. The molecule has 1 unspecified atom stereocenters. The summed E-state index contributed by atoms with van der Waals surface area (Å²) < 4.78 is 49.2. The molecule has 17 heavy (non-hydrogen) atoms. The van der Waals surface area contributed by atoms with Crippen molar-refractivity contribution < 1.29 is 27.1 Å². The standard InChI is InChI=1S/C9H9F2NO4S/c1-17(15,16)8-5(10)3-2-4(6(8)11)7(12)9(13)14/h2-3,7H,12H2,1H3,(H,13,14). The van der Waals surface area contributed by atoms with Gasteiger partial charge in [-0.25, -0.2) is 17.2 Å². The Balaban J connectivity index is 3.55. The lowest BCUT2D eigenvalue weighted by Gasteiger charge is -2.11. The predicted molar refractivity (Wildman–Crippen MR) is 54.0 cm³/mol. The van der Waals surface area contributed by atoms with E-state index in [9.17, 15) is 22.0 Å². The molecule has 1 atom stereocenters. The lowest BCUT2D eigenvalue weighted by atomic mass is 10.1. The molecule has 0 aliphatic heterocycles. The molecule has 1 rings (SSSR count). The summed E-state index contributed by atoms with van der Waals surface area (Å²) >= 11 is 0. The Bertz CT molecular complexity index is 571. The van der Waals surface area contributed by atoms with Crippen LogP contribution in [0.3, 0.4) is 0 Å². The van der Waals surface area contributed by atoms with Gasteiger partial charge in [-0.3, -0.25) is 4.79 Å². The number of nitrogens with two attached hydrogens (primary N) is 1. The van der Waals surface area contributed by atoms with Crippen LogP contribution in [0.25, 0.3) is 0 Å². The van der Waals surface area contributed by atoms with Crippen LogP contribution >= 0.6 is 0 Å². The lowest BCUT2D eigenvalue weighted by Crippen LogP contribution is -2.23. The zero-order valence-electron chi connectivity index (χ0n) is 8.65. The highest BCUT2D eigenvalue weighted by Gasteiger charge is 2.27. The minimum absolute atomic E-state index is 0.584. The number of carboxylic acid groups (broad SMARTS) is 1. The molecule has 0 bridgehead atoms. The molecular weight excluding hydrogens is 256 g/mol. The van der Waals surface area contributed by atoms with Crippen LogP contribution in [0.4, 0.5) is 8.78 Å². The number of hydrogen-bond donors (Lipinski definition) is 2. The van der Waals surface area contributed by atoms with E-state index >= 15 is 0 Å². The number of sulfone groups is 1. The molecule has 0 aromatic heterocycles. The Kier molecular flexibility index (Phi) is 3.48. The maximum atomic E-state index is 13.7. The molecule has 3 N–H and O–H groups in total. The second kappa shape index (κ2) is 4.38. The van der Waals surface area contributed by atoms with E-state index in [2.05, 4.69) is 0 Å². The Morgan fingerprint density at radius 1 is 1.41 bits per heavy atom. The van der Waals surface area contributed by atoms with Gasteiger partial charge in [0.05, 0.1) is 0 Å². The Labute approximate surface area is 95.8 Å². The first-order chi connectivity index (χ1) is 7.66. The molecule has 0 aliphatic rings. The van der Waals surface area contributed by atoms with Crippen molar-refractivity contribution in [3.63, 3.8) is 0 Å². The summed E-state index contributed by atoms with van der Waals surface area (Å²) in [4.78, 5) is 9.39. The normalized spacial score (nSPS) is 13.4. The molecule has 94 valence electrons. The summed E-state index contributed by atoms with van der Waals surface area (Å²) in [6, 6.07) is -0.286. The van der Waals surface area contributed by atoms with Gasteiger partial charge in [0.15, 0.2) is 9.84 Å². The highest BCUT2D eigenvalue weighted by atomic mass is 32.2. The maximum Gasteiger partial charge on any atom is 0.325 e.